The van der Waals surface area contributed by atoms with Gasteiger partial charge in [0.25, 0.3) is 11.5 Å². The first-order valence-electron chi connectivity index (χ1n) is 13.6. The number of likely N-dealkylation sites (tertiary alicyclic amines) is 1. The molecule has 0 bridgehead atoms. The maximum atomic E-state index is 14.0. The SMILES string of the molecule is Cc1c(Nc2ccc3c(c2)COC3)c(C(=O)N2CCC(c3ccc(F)cc3)CC2)cn(Cc2cccnc2)c1=O. The number of benzene rings is 2. The van der Waals surface area contributed by atoms with Gasteiger partial charge in [-0.2, -0.15) is 0 Å². The lowest BCUT2D eigenvalue weighted by Gasteiger charge is -2.33. The molecule has 0 atom stereocenters. The van der Waals surface area contributed by atoms with E-state index in [-0.39, 0.29) is 23.2 Å². The third kappa shape index (κ3) is 5.27. The van der Waals surface area contributed by atoms with Crippen LogP contribution in [0.25, 0.3) is 0 Å². The summed E-state index contributed by atoms with van der Waals surface area (Å²) in [5.41, 5.74) is 6.32. The number of pyridine rings is 2. The van der Waals surface area contributed by atoms with Gasteiger partial charge in [-0.15, -0.1) is 0 Å². The number of rotatable bonds is 6. The molecule has 2 aromatic heterocycles. The molecule has 0 unspecified atom stereocenters. The molecular formula is C32H31FN4O3. The van der Waals surface area contributed by atoms with Crippen molar-refractivity contribution in [1.29, 1.82) is 0 Å². The Hall–Kier alpha value is -4.30. The second-order valence-corrected chi connectivity index (χ2v) is 10.6. The van der Waals surface area contributed by atoms with Crippen LogP contribution in [0.15, 0.2) is 78.0 Å². The zero-order valence-electron chi connectivity index (χ0n) is 22.4. The van der Waals surface area contributed by atoms with Crippen molar-refractivity contribution >= 4 is 17.3 Å². The molecule has 4 heterocycles. The smallest absolute Gasteiger partial charge is 0.257 e. The number of nitrogens with one attached hydrogen (secondary N) is 1. The molecule has 7 nitrogen and oxygen atoms in total. The number of amides is 1. The van der Waals surface area contributed by atoms with Crippen LogP contribution in [0.1, 0.15) is 56.9 Å². The molecule has 0 spiro atoms. The van der Waals surface area contributed by atoms with Gasteiger partial charge in [0.1, 0.15) is 5.82 Å². The van der Waals surface area contributed by atoms with E-state index in [0.717, 1.165) is 40.8 Å². The maximum absolute atomic E-state index is 14.0. The lowest BCUT2D eigenvalue weighted by Crippen LogP contribution is -2.39. The lowest BCUT2D eigenvalue weighted by atomic mass is 9.89. The Morgan fingerprint density at radius 2 is 1.85 bits per heavy atom. The van der Waals surface area contributed by atoms with Gasteiger partial charge < -0.3 is 19.5 Å². The highest BCUT2D eigenvalue weighted by molar-refractivity contribution is 6.00. The maximum Gasteiger partial charge on any atom is 0.257 e. The van der Waals surface area contributed by atoms with Crippen molar-refractivity contribution in [2.45, 2.75) is 45.4 Å². The van der Waals surface area contributed by atoms with Crippen LogP contribution >= 0.6 is 0 Å². The summed E-state index contributed by atoms with van der Waals surface area (Å²) in [6, 6.07) is 16.4. The van der Waals surface area contributed by atoms with E-state index in [0.29, 0.717) is 49.7 Å². The van der Waals surface area contributed by atoms with Crippen molar-refractivity contribution in [2.75, 3.05) is 18.4 Å². The van der Waals surface area contributed by atoms with Gasteiger partial charge in [0, 0.05) is 42.9 Å². The van der Waals surface area contributed by atoms with E-state index < -0.39 is 0 Å². The van der Waals surface area contributed by atoms with Crippen LogP contribution in [0.2, 0.25) is 0 Å². The number of carbonyl (C=O) groups excluding carboxylic acids is 1. The van der Waals surface area contributed by atoms with E-state index in [2.05, 4.69) is 10.3 Å². The van der Waals surface area contributed by atoms with Gasteiger partial charge in [-0.05, 0) is 78.3 Å². The zero-order chi connectivity index (χ0) is 27.6. The topological polar surface area (TPSA) is 76.5 Å². The molecule has 204 valence electrons. The highest BCUT2D eigenvalue weighted by Gasteiger charge is 2.28. The van der Waals surface area contributed by atoms with Crippen molar-refractivity contribution in [2.24, 2.45) is 0 Å². The second-order valence-electron chi connectivity index (χ2n) is 10.6. The van der Waals surface area contributed by atoms with Gasteiger partial charge in [0.05, 0.1) is 31.0 Å². The summed E-state index contributed by atoms with van der Waals surface area (Å²) in [5.74, 6) is -0.0891. The van der Waals surface area contributed by atoms with Crippen molar-refractivity contribution < 1.29 is 13.9 Å². The monoisotopic (exact) mass is 538 g/mol. The molecule has 0 radical (unpaired) electrons. The molecule has 1 amide bonds. The Balaban J connectivity index is 1.31. The normalized spacial score (nSPS) is 15.2. The molecule has 40 heavy (non-hydrogen) atoms. The van der Waals surface area contributed by atoms with Crippen LogP contribution in [0.4, 0.5) is 15.8 Å². The quantitative estimate of drug-likeness (QED) is 0.349. The van der Waals surface area contributed by atoms with Crippen LogP contribution in [0.5, 0.6) is 0 Å². The summed E-state index contributed by atoms with van der Waals surface area (Å²) in [6.07, 6.45) is 6.67. The molecule has 1 fully saturated rings. The molecule has 1 saturated heterocycles. The first-order chi connectivity index (χ1) is 19.5. The van der Waals surface area contributed by atoms with Crippen molar-refractivity contribution in [1.82, 2.24) is 14.5 Å². The number of hydrogen-bond donors (Lipinski definition) is 1. The Kier molecular flexibility index (Phi) is 7.17. The van der Waals surface area contributed by atoms with Crippen LogP contribution in [0, 0.1) is 12.7 Å². The second kappa shape index (κ2) is 11.1. The van der Waals surface area contributed by atoms with Crippen LogP contribution in [-0.2, 0) is 24.5 Å². The summed E-state index contributed by atoms with van der Waals surface area (Å²) < 4.78 is 20.6. The molecule has 6 rings (SSSR count). The average Bonchev–Trinajstić information content (AvgIpc) is 3.46. The molecule has 2 aliphatic rings. The Morgan fingerprint density at radius 1 is 1.07 bits per heavy atom. The third-order valence-electron chi connectivity index (χ3n) is 7.93. The van der Waals surface area contributed by atoms with Crippen molar-refractivity contribution in [3.63, 3.8) is 0 Å². The fourth-order valence-corrected chi connectivity index (χ4v) is 5.65. The molecule has 0 aliphatic carbocycles. The molecule has 1 N–H and O–H groups in total. The largest absolute Gasteiger partial charge is 0.372 e. The van der Waals surface area contributed by atoms with Gasteiger partial charge in [0.2, 0.25) is 0 Å². The van der Waals surface area contributed by atoms with Crippen LogP contribution < -0.4 is 10.9 Å². The summed E-state index contributed by atoms with van der Waals surface area (Å²) in [5, 5.41) is 3.40. The number of fused-ring (bicyclic) bond motifs is 1. The highest BCUT2D eigenvalue weighted by Crippen LogP contribution is 2.32. The predicted octanol–water partition coefficient (Wildman–Crippen LogP) is 5.53. The minimum Gasteiger partial charge on any atom is -0.372 e. The van der Waals surface area contributed by atoms with Gasteiger partial charge in [-0.3, -0.25) is 14.6 Å². The lowest BCUT2D eigenvalue weighted by molar-refractivity contribution is 0.0713. The Labute approximate surface area is 232 Å². The standard InChI is InChI=1S/C32H31FN4O3/c1-21-30(35-28-9-6-25-19-40-20-26(25)15-28)29(18-37(31(21)38)17-22-3-2-12-34-16-22)32(39)36-13-10-24(11-14-36)23-4-7-27(33)8-5-23/h2-9,12,15-16,18,24,35H,10-11,13-14,17,19-20H2,1H3. The Bertz CT molecular complexity index is 1590. The number of hydrogen-bond acceptors (Lipinski definition) is 5. The number of anilines is 2. The van der Waals surface area contributed by atoms with E-state index >= 15 is 0 Å². The summed E-state index contributed by atoms with van der Waals surface area (Å²) >= 11 is 0. The van der Waals surface area contributed by atoms with E-state index in [9.17, 15) is 14.0 Å². The average molecular weight is 539 g/mol. The number of aromatic nitrogens is 2. The third-order valence-corrected chi connectivity index (χ3v) is 7.93. The summed E-state index contributed by atoms with van der Waals surface area (Å²) in [4.78, 5) is 33.5. The number of piperidine rings is 1. The minimum atomic E-state index is -0.246. The van der Waals surface area contributed by atoms with Crippen LogP contribution in [-0.4, -0.2) is 33.4 Å². The molecule has 2 aromatic carbocycles. The fourth-order valence-electron chi connectivity index (χ4n) is 5.65. The highest BCUT2D eigenvalue weighted by atomic mass is 19.1. The van der Waals surface area contributed by atoms with Gasteiger partial charge >= 0.3 is 0 Å². The molecular weight excluding hydrogens is 507 g/mol. The van der Waals surface area contributed by atoms with Crippen molar-refractivity contribution in [3.05, 3.63) is 123 Å². The first kappa shape index (κ1) is 26.0. The number of nitrogens with zero attached hydrogens (tertiary/aromatic N) is 3. The summed E-state index contributed by atoms with van der Waals surface area (Å²) in [7, 11) is 0. The van der Waals surface area contributed by atoms with Crippen molar-refractivity contribution in [3.8, 4) is 0 Å². The minimum absolute atomic E-state index is 0.118. The fraction of sp³-hybridized carbons (Fsp3) is 0.281. The van der Waals surface area contributed by atoms with E-state index in [4.69, 9.17) is 4.74 Å². The number of halogens is 1. The first-order valence-corrected chi connectivity index (χ1v) is 13.6. The molecule has 8 heteroatoms. The van der Waals surface area contributed by atoms with E-state index in [1.54, 1.807) is 30.1 Å². The van der Waals surface area contributed by atoms with Gasteiger partial charge in [-0.1, -0.05) is 24.3 Å². The Morgan fingerprint density at radius 3 is 2.60 bits per heavy atom. The molecule has 2 aliphatic heterocycles. The zero-order valence-corrected chi connectivity index (χ0v) is 22.4. The van der Waals surface area contributed by atoms with Crippen LogP contribution in [0.3, 0.4) is 0 Å². The predicted molar refractivity (Wildman–Crippen MR) is 151 cm³/mol. The summed E-state index contributed by atoms with van der Waals surface area (Å²) in [6.45, 7) is 4.38. The number of ether oxygens (including phenoxy) is 1. The molecule has 0 saturated carbocycles. The molecule has 4 aromatic rings. The number of carbonyl (C=O) groups is 1. The van der Waals surface area contributed by atoms with Gasteiger partial charge in [0.15, 0.2) is 0 Å². The van der Waals surface area contributed by atoms with E-state index in [1.807, 2.05) is 47.4 Å². The van der Waals surface area contributed by atoms with E-state index in [1.165, 1.54) is 12.1 Å². The van der Waals surface area contributed by atoms with Gasteiger partial charge in [-0.25, -0.2) is 4.39 Å².